The lowest BCUT2D eigenvalue weighted by Gasteiger charge is -2.37. The highest BCUT2D eigenvalue weighted by Crippen LogP contribution is 2.41. The minimum absolute atomic E-state index is 0.902. The Labute approximate surface area is 110 Å². The molecular formula is C16H29P. The summed E-state index contributed by atoms with van der Waals surface area (Å²) in [4.78, 5) is 0. The first-order chi connectivity index (χ1) is 8.33. The van der Waals surface area contributed by atoms with Crippen molar-refractivity contribution < 1.29 is 0 Å². The van der Waals surface area contributed by atoms with Gasteiger partial charge in [-0.15, -0.1) is 9.24 Å². The molecule has 1 heteroatoms. The van der Waals surface area contributed by atoms with Crippen molar-refractivity contribution in [3.8, 4) is 0 Å². The number of hydrogen-bond acceptors (Lipinski definition) is 0. The first-order valence-corrected chi connectivity index (χ1v) is 8.48. The lowest BCUT2D eigenvalue weighted by Crippen LogP contribution is -2.25. The normalized spacial score (nSPS) is 39.6. The topological polar surface area (TPSA) is 0 Å². The van der Waals surface area contributed by atoms with Crippen LogP contribution in [-0.2, 0) is 0 Å². The van der Waals surface area contributed by atoms with Gasteiger partial charge in [-0.05, 0) is 88.1 Å². The predicted molar refractivity (Wildman–Crippen MR) is 80.3 cm³/mol. The van der Waals surface area contributed by atoms with E-state index in [1.165, 1.54) is 57.5 Å². The Balaban J connectivity index is 1.74. The second kappa shape index (κ2) is 6.93. The molecule has 0 bridgehead atoms. The van der Waals surface area contributed by atoms with Crippen LogP contribution in [0, 0.1) is 23.7 Å². The Morgan fingerprint density at radius 2 is 1.41 bits per heavy atom. The summed E-state index contributed by atoms with van der Waals surface area (Å²) in [6, 6.07) is 0. The van der Waals surface area contributed by atoms with Crippen molar-refractivity contribution in [1.82, 2.24) is 0 Å². The van der Waals surface area contributed by atoms with Crippen LogP contribution in [0.5, 0.6) is 0 Å². The van der Waals surface area contributed by atoms with Gasteiger partial charge < -0.3 is 0 Å². The zero-order valence-electron chi connectivity index (χ0n) is 11.4. The highest BCUT2D eigenvalue weighted by atomic mass is 31.0. The fraction of sp³-hybridized carbons (Fsp3) is 0.875. The number of allylic oxidation sites excluding steroid dienone is 2. The van der Waals surface area contributed by atoms with Gasteiger partial charge in [0, 0.05) is 0 Å². The molecular weight excluding hydrogens is 223 g/mol. The van der Waals surface area contributed by atoms with Crippen molar-refractivity contribution in [2.45, 2.75) is 58.3 Å². The molecule has 2 aliphatic rings. The maximum atomic E-state index is 2.94. The van der Waals surface area contributed by atoms with E-state index in [4.69, 9.17) is 0 Å². The summed E-state index contributed by atoms with van der Waals surface area (Å²) < 4.78 is 0. The van der Waals surface area contributed by atoms with Crippen LogP contribution in [0.15, 0.2) is 12.2 Å². The minimum Gasteiger partial charge on any atom is -0.137 e. The molecule has 0 aromatic heterocycles. The van der Waals surface area contributed by atoms with Gasteiger partial charge in [-0.3, -0.25) is 0 Å². The van der Waals surface area contributed by atoms with Crippen molar-refractivity contribution in [2.75, 3.05) is 6.16 Å². The second-order valence-corrected chi connectivity index (χ2v) is 6.69. The van der Waals surface area contributed by atoms with Crippen molar-refractivity contribution in [1.29, 1.82) is 0 Å². The van der Waals surface area contributed by atoms with E-state index in [0.29, 0.717) is 0 Å². The zero-order valence-corrected chi connectivity index (χ0v) is 12.6. The Kier molecular flexibility index (Phi) is 5.54. The van der Waals surface area contributed by atoms with Gasteiger partial charge in [0.15, 0.2) is 0 Å². The Hall–Kier alpha value is 0.170. The van der Waals surface area contributed by atoms with Gasteiger partial charge >= 0.3 is 0 Å². The van der Waals surface area contributed by atoms with E-state index < -0.39 is 0 Å². The van der Waals surface area contributed by atoms with Crippen molar-refractivity contribution >= 4 is 9.24 Å². The molecule has 0 radical (unpaired) electrons. The molecule has 0 N–H and O–H groups in total. The first-order valence-electron chi connectivity index (χ1n) is 7.66. The molecule has 17 heavy (non-hydrogen) atoms. The summed E-state index contributed by atoms with van der Waals surface area (Å²) in [5, 5.41) is 0. The van der Waals surface area contributed by atoms with Crippen LogP contribution in [0.1, 0.15) is 58.3 Å². The smallest absolute Gasteiger partial charge is 0.0233 e. The van der Waals surface area contributed by atoms with Gasteiger partial charge in [-0.1, -0.05) is 12.2 Å². The van der Waals surface area contributed by atoms with Crippen molar-refractivity contribution in [3.05, 3.63) is 12.2 Å². The third-order valence-electron chi connectivity index (χ3n) is 5.17. The molecule has 0 nitrogen and oxygen atoms in total. The minimum atomic E-state index is 0.902. The highest BCUT2D eigenvalue weighted by Gasteiger charge is 2.29. The van der Waals surface area contributed by atoms with Crippen molar-refractivity contribution in [3.63, 3.8) is 0 Å². The van der Waals surface area contributed by atoms with Crippen molar-refractivity contribution in [2.24, 2.45) is 23.7 Å². The number of rotatable bonds is 3. The third kappa shape index (κ3) is 3.82. The highest BCUT2D eigenvalue weighted by molar-refractivity contribution is 7.16. The molecule has 1 unspecified atom stereocenters. The molecule has 98 valence electrons. The summed E-state index contributed by atoms with van der Waals surface area (Å²) in [7, 11) is 2.94. The standard InChI is InChI=1S/C16H29P/c1-2-3-13-4-8-15(9-5-13)16-10-6-14(12-17)7-11-16/h2-3,13-16H,4-12,17H2,1H3/b3-2+. The molecule has 1 atom stereocenters. The average Bonchev–Trinajstić information content (AvgIpc) is 2.40. The summed E-state index contributed by atoms with van der Waals surface area (Å²) in [6.07, 6.45) is 18.0. The van der Waals surface area contributed by atoms with Gasteiger partial charge in [0.2, 0.25) is 0 Å². The molecule has 2 aliphatic carbocycles. The molecule has 0 saturated heterocycles. The SMILES string of the molecule is C/C=C/C1CCC(C2CCC(CP)CC2)CC1. The maximum Gasteiger partial charge on any atom is -0.0233 e. The largest absolute Gasteiger partial charge is 0.137 e. The van der Waals surface area contributed by atoms with Crippen LogP contribution in [-0.4, -0.2) is 6.16 Å². The second-order valence-electron chi connectivity index (χ2n) is 6.22. The van der Waals surface area contributed by atoms with Gasteiger partial charge in [0.05, 0.1) is 0 Å². The molecule has 0 aromatic carbocycles. The molecule has 0 heterocycles. The van der Waals surface area contributed by atoms with Crippen LogP contribution in [0.3, 0.4) is 0 Å². The Morgan fingerprint density at radius 3 is 1.88 bits per heavy atom. The van der Waals surface area contributed by atoms with Crippen LogP contribution < -0.4 is 0 Å². The van der Waals surface area contributed by atoms with Gasteiger partial charge in [-0.2, -0.15) is 0 Å². The monoisotopic (exact) mass is 252 g/mol. The third-order valence-corrected chi connectivity index (χ3v) is 5.84. The van der Waals surface area contributed by atoms with E-state index in [-0.39, 0.29) is 0 Å². The summed E-state index contributed by atoms with van der Waals surface area (Å²) in [6.45, 7) is 2.16. The van der Waals surface area contributed by atoms with E-state index in [2.05, 4.69) is 28.3 Å². The fourth-order valence-electron chi connectivity index (χ4n) is 3.98. The van der Waals surface area contributed by atoms with E-state index in [0.717, 1.165) is 23.7 Å². The zero-order chi connectivity index (χ0) is 12.1. The molecule has 0 aromatic rings. The van der Waals surface area contributed by atoms with Gasteiger partial charge in [-0.25, -0.2) is 0 Å². The molecule has 0 aliphatic heterocycles. The molecule has 0 amide bonds. The first kappa shape index (κ1) is 13.6. The molecule has 2 rings (SSSR count). The van der Waals surface area contributed by atoms with E-state index in [9.17, 15) is 0 Å². The fourth-order valence-corrected chi connectivity index (χ4v) is 4.45. The van der Waals surface area contributed by atoms with Crippen LogP contribution in [0.4, 0.5) is 0 Å². The summed E-state index contributed by atoms with van der Waals surface area (Å²) >= 11 is 0. The predicted octanol–water partition coefficient (Wildman–Crippen LogP) is 5.05. The van der Waals surface area contributed by atoms with Crippen LogP contribution in [0.2, 0.25) is 0 Å². The van der Waals surface area contributed by atoms with Crippen LogP contribution in [0.25, 0.3) is 0 Å². The van der Waals surface area contributed by atoms with Gasteiger partial charge in [0.25, 0.3) is 0 Å². The Bertz CT molecular complexity index is 230. The molecule has 0 spiro atoms. The van der Waals surface area contributed by atoms with Crippen LogP contribution >= 0.6 is 9.24 Å². The van der Waals surface area contributed by atoms with Gasteiger partial charge in [0.1, 0.15) is 0 Å². The molecule has 2 saturated carbocycles. The average molecular weight is 252 g/mol. The quantitative estimate of drug-likeness (QED) is 0.487. The van der Waals surface area contributed by atoms with E-state index in [1.807, 2.05) is 0 Å². The summed E-state index contributed by atoms with van der Waals surface area (Å²) in [5.74, 6) is 4.08. The Morgan fingerprint density at radius 1 is 0.882 bits per heavy atom. The lowest BCUT2D eigenvalue weighted by molar-refractivity contribution is 0.161. The lowest BCUT2D eigenvalue weighted by atomic mass is 9.69. The van der Waals surface area contributed by atoms with E-state index in [1.54, 1.807) is 0 Å². The van der Waals surface area contributed by atoms with E-state index >= 15 is 0 Å². The molecule has 2 fully saturated rings. The number of hydrogen-bond donors (Lipinski definition) is 0. The maximum absolute atomic E-state index is 2.94. The summed E-state index contributed by atoms with van der Waals surface area (Å²) in [5.41, 5.74) is 0.